The second kappa shape index (κ2) is 6.00. The van der Waals surface area contributed by atoms with Crippen LogP contribution in [0.4, 0.5) is 0 Å². The average molecular weight is 232 g/mol. The first-order valence-corrected chi connectivity index (χ1v) is 6.51. The standard InChI is InChI=1S/C16H24O/c1-11(2)15-8-6-14(7-9-15)10-16(12(3)4)13(5)17/h6-9,11-12,16H,10H2,1-5H3/t16-/m1/s1. The quantitative estimate of drug-likeness (QED) is 0.743. The smallest absolute Gasteiger partial charge is 0.133 e. The Bertz CT molecular complexity index is 360. The summed E-state index contributed by atoms with van der Waals surface area (Å²) < 4.78 is 0. The lowest BCUT2D eigenvalue weighted by atomic mass is 9.86. The molecule has 0 aliphatic carbocycles. The molecule has 1 aromatic carbocycles. The third-order valence-corrected chi connectivity index (χ3v) is 3.43. The Hall–Kier alpha value is -1.11. The van der Waals surface area contributed by atoms with Gasteiger partial charge in [-0.1, -0.05) is 52.0 Å². The van der Waals surface area contributed by atoms with Crippen molar-refractivity contribution in [1.29, 1.82) is 0 Å². The average Bonchev–Trinajstić information content (AvgIpc) is 2.25. The molecule has 0 heterocycles. The molecule has 0 saturated heterocycles. The highest BCUT2D eigenvalue weighted by molar-refractivity contribution is 5.78. The molecule has 1 aromatic rings. The van der Waals surface area contributed by atoms with Gasteiger partial charge in [0, 0.05) is 5.92 Å². The highest BCUT2D eigenvalue weighted by Crippen LogP contribution is 2.20. The van der Waals surface area contributed by atoms with E-state index in [-0.39, 0.29) is 5.92 Å². The van der Waals surface area contributed by atoms with Crippen LogP contribution in [0.1, 0.15) is 51.7 Å². The van der Waals surface area contributed by atoms with Crippen LogP contribution in [0, 0.1) is 11.8 Å². The predicted octanol–water partition coefficient (Wildman–Crippen LogP) is 4.21. The van der Waals surface area contributed by atoms with Crippen LogP contribution in [-0.2, 0) is 11.2 Å². The summed E-state index contributed by atoms with van der Waals surface area (Å²) >= 11 is 0. The van der Waals surface area contributed by atoms with E-state index < -0.39 is 0 Å². The molecule has 0 aromatic heterocycles. The molecular weight excluding hydrogens is 208 g/mol. The molecule has 0 bridgehead atoms. The number of Topliss-reactive ketones (excluding diaryl/α,β-unsaturated/α-hetero) is 1. The van der Waals surface area contributed by atoms with Gasteiger partial charge in [-0.3, -0.25) is 4.79 Å². The third-order valence-electron chi connectivity index (χ3n) is 3.43. The molecule has 0 amide bonds. The molecule has 0 spiro atoms. The molecule has 0 fully saturated rings. The van der Waals surface area contributed by atoms with Crippen molar-refractivity contribution in [3.05, 3.63) is 35.4 Å². The summed E-state index contributed by atoms with van der Waals surface area (Å²) in [6.07, 6.45) is 0.866. The van der Waals surface area contributed by atoms with Gasteiger partial charge >= 0.3 is 0 Å². The fourth-order valence-corrected chi connectivity index (χ4v) is 2.14. The van der Waals surface area contributed by atoms with Crippen LogP contribution in [0.2, 0.25) is 0 Å². The molecule has 1 rings (SSSR count). The van der Waals surface area contributed by atoms with E-state index in [2.05, 4.69) is 52.0 Å². The molecule has 1 heteroatoms. The van der Waals surface area contributed by atoms with Crippen molar-refractivity contribution >= 4 is 5.78 Å². The summed E-state index contributed by atoms with van der Waals surface area (Å²) in [6, 6.07) is 8.68. The maximum atomic E-state index is 11.6. The van der Waals surface area contributed by atoms with Gasteiger partial charge in [0.2, 0.25) is 0 Å². The van der Waals surface area contributed by atoms with E-state index >= 15 is 0 Å². The van der Waals surface area contributed by atoms with Crippen molar-refractivity contribution < 1.29 is 4.79 Å². The van der Waals surface area contributed by atoms with Crippen molar-refractivity contribution in [1.82, 2.24) is 0 Å². The molecule has 0 saturated carbocycles. The molecule has 0 N–H and O–H groups in total. The number of benzene rings is 1. The molecular formula is C16H24O. The van der Waals surface area contributed by atoms with Crippen LogP contribution in [0.25, 0.3) is 0 Å². The van der Waals surface area contributed by atoms with Gasteiger partial charge in [-0.2, -0.15) is 0 Å². The van der Waals surface area contributed by atoms with E-state index in [0.717, 1.165) is 6.42 Å². The molecule has 1 nitrogen and oxygen atoms in total. The Balaban J connectivity index is 2.77. The Morgan fingerprint density at radius 1 is 1.06 bits per heavy atom. The number of rotatable bonds is 5. The monoisotopic (exact) mass is 232 g/mol. The minimum Gasteiger partial charge on any atom is -0.300 e. The van der Waals surface area contributed by atoms with Gasteiger partial charge in [0.1, 0.15) is 5.78 Å². The van der Waals surface area contributed by atoms with Gasteiger partial charge in [0.25, 0.3) is 0 Å². The lowest BCUT2D eigenvalue weighted by Crippen LogP contribution is -2.20. The van der Waals surface area contributed by atoms with Crippen LogP contribution in [0.5, 0.6) is 0 Å². The minimum atomic E-state index is 0.153. The van der Waals surface area contributed by atoms with Gasteiger partial charge in [0.15, 0.2) is 0 Å². The molecule has 94 valence electrons. The Morgan fingerprint density at radius 2 is 1.59 bits per heavy atom. The third kappa shape index (κ3) is 3.99. The highest BCUT2D eigenvalue weighted by Gasteiger charge is 2.18. The van der Waals surface area contributed by atoms with Crippen LogP contribution >= 0.6 is 0 Å². The van der Waals surface area contributed by atoms with Gasteiger partial charge in [-0.15, -0.1) is 0 Å². The zero-order valence-electron chi connectivity index (χ0n) is 11.7. The molecule has 0 unspecified atom stereocenters. The van der Waals surface area contributed by atoms with Crippen LogP contribution < -0.4 is 0 Å². The second-order valence-electron chi connectivity index (χ2n) is 5.56. The summed E-state index contributed by atoms with van der Waals surface area (Å²) in [4.78, 5) is 11.6. The van der Waals surface area contributed by atoms with Crippen molar-refractivity contribution in [3.8, 4) is 0 Å². The maximum absolute atomic E-state index is 11.6. The molecule has 1 atom stereocenters. The van der Waals surface area contributed by atoms with E-state index in [9.17, 15) is 4.79 Å². The van der Waals surface area contributed by atoms with Crippen molar-refractivity contribution in [2.75, 3.05) is 0 Å². The Morgan fingerprint density at radius 3 is 1.94 bits per heavy atom. The Labute approximate surface area is 105 Å². The van der Waals surface area contributed by atoms with E-state index in [0.29, 0.717) is 17.6 Å². The van der Waals surface area contributed by atoms with Crippen LogP contribution in [0.15, 0.2) is 24.3 Å². The first-order valence-electron chi connectivity index (χ1n) is 6.51. The number of carbonyl (C=O) groups is 1. The number of carbonyl (C=O) groups excluding carboxylic acids is 1. The second-order valence-corrected chi connectivity index (χ2v) is 5.56. The minimum absolute atomic E-state index is 0.153. The lowest BCUT2D eigenvalue weighted by Gasteiger charge is -2.18. The maximum Gasteiger partial charge on any atom is 0.133 e. The zero-order chi connectivity index (χ0) is 13.0. The van der Waals surface area contributed by atoms with E-state index in [1.807, 2.05) is 0 Å². The van der Waals surface area contributed by atoms with Gasteiger partial charge in [-0.05, 0) is 36.3 Å². The molecule has 0 aliphatic rings. The first-order chi connectivity index (χ1) is 7.91. The fourth-order valence-electron chi connectivity index (χ4n) is 2.14. The zero-order valence-corrected chi connectivity index (χ0v) is 11.7. The van der Waals surface area contributed by atoms with Crippen molar-refractivity contribution in [2.45, 2.75) is 47.0 Å². The highest BCUT2D eigenvalue weighted by atomic mass is 16.1. The topological polar surface area (TPSA) is 17.1 Å². The molecule has 0 aliphatic heterocycles. The normalized spacial score (nSPS) is 13.1. The van der Waals surface area contributed by atoms with Crippen LogP contribution in [-0.4, -0.2) is 5.78 Å². The molecule has 17 heavy (non-hydrogen) atoms. The van der Waals surface area contributed by atoms with Gasteiger partial charge in [0.05, 0.1) is 0 Å². The van der Waals surface area contributed by atoms with Crippen molar-refractivity contribution in [3.63, 3.8) is 0 Å². The summed E-state index contributed by atoms with van der Waals surface area (Å²) in [6.45, 7) is 10.3. The van der Waals surface area contributed by atoms with Gasteiger partial charge < -0.3 is 0 Å². The summed E-state index contributed by atoms with van der Waals surface area (Å²) in [5, 5.41) is 0. The van der Waals surface area contributed by atoms with E-state index in [4.69, 9.17) is 0 Å². The summed E-state index contributed by atoms with van der Waals surface area (Å²) in [7, 11) is 0. The predicted molar refractivity (Wildman–Crippen MR) is 73.2 cm³/mol. The summed E-state index contributed by atoms with van der Waals surface area (Å²) in [5.74, 6) is 1.43. The Kier molecular flexibility index (Phi) is 4.92. The lowest BCUT2D eigenvalue weighted by molar-refractivity contribution is -0.121. The fraction of sp³-hybridized carbons (Fsp3) is 0.562. The SMILES string of the molecule is CC(=O)[C@H](Cc1ccc(C(C)C)cc1)C(C)C. The van der Waals surface area contributed by atoms with Crippen LogP contribution in [0.3, 0.4) is 0 Å². The summed E-state index contributed by atoms with van der Waals surface area (Å²) in [5.41, 5.74) is 2.63. The number of ketones is 1. The van der Waals surface area contributed by atoms with Crippen molar-refractivity contribution in [2.24, 2.45) is 11.8 Å². The molecule has 0 radical (unpaired) electrons. The number of hydrogen-bond donors (Lipinski definition) is 0. The number of hydrogen-bond acceptors (Lipinski definition) is 1. The first kappa shape index (κ1) is 14.0. The van der Waals surface area contributed by atoms with Gasteiger partial charge in [-0.25, -0.2) is 0 Å². The van der Waals surface area contributed by atoms with E-state index in [1.165, 1.54) is 11.1 Å². The largest absolute Gasteiger partial charge is 0.300 e. The van der Waals surface area contributed by atoms with E-state index in [1.54, 1.807) is 6.92 Å².